The third-order valence-electron chi connectivity index (χ3n) is 4.80. The molecule has 0 aliphatic carbocycles. The first-order chi connectivity index (χ1) is 10.2. The predicted octanol–water partition coefficient (Wildman–Crippen LogP) is 3.19. The summed E-state index contributed by atoms with van der Waals surface area (Å²) < 4.78 is 5.81. The molecule has 1 aromatic rings. The highest BCUT2D eigenvalue weighted by Gasteiger charge is 2.34. The first-order valence-electron chi connectivity index (χ1n) is 7.98. The summed E-state index contributed by atoms with van der Waals surface area (Å²) in [5, 5.41) is 11.6. The first kappa shape index (κ1) is 15.3. The molecule has 0 radical (unpaired) electrons. The first-order valence-corrected chi connectivity index (χ1v) is 8.36. The van der Waals surface area contributed by atoms with E-state index >= 15 is 0 Å². The van der Waals surface area contributed by atoms with E-state index in [1.165, 1.54) is 19.3 Å². The van der Waals surface area contributed by atoms with Crippen molar-refractivity contribution in [2.24, 2.45) is 0 Å². The number of nitrogens with zero attached hydrogens (tertiary/aromatic N) is 1. The molecule has 1 N–H and O–H groups in total. The number of hydrogen-bond acceptors (Lipinski definition) is 3. The summed E-state index contributed by atoms with van der Waals surface area (Å²) in [6.45, 7) is 3.78. The van der Waals surface area contributed by atoms with Crippen LogP contribution in [0.2, 0.25) is 5.02 Å². The Bertz CT molecular complexity index is 448. The monoisotopic (exact) mass is 309 g/mol. The van der Waals surface area contributed by atoms with Gasteiger partial charge in [0.25, 0.3) is 0 Å². The molecule has 1 unspecified atom stereocenters. The van der Waals surface area contributed by atoms with Gasteiger partial charge in [-0.2, -0.15) is 0 Å². The summed E-state index contributed by atoms with van der Waals surface area (Å²) >= 11 is 5.92. The molecule has 0 spiro atoms. The average Bonchev–Trinajstić information content (AvgIpc) is 2.51. The summed E-state index contributed by atoms with van der Waals surface area (Å²) in [6.07, 6.45) is 5.61. The molecule has 4 heteroatoms. The number of benzene rings is 1. The van der Waals surface area contributed by atoms with Crippen LogP contribution < -0.4 is 0 Å². The maximum Gasteiger partial charge on any atom is 0.0920 e. The second-order valence-electron chi connectivity index (χ2n) is 6.33. The van der Waals surface area contributed by atoms with Crippen molar-refractivity contribution < 1.29 is 9.84 Å². The molecule has 1 aromatic carbocycles. The van der Waals surface area contributed by atoms with Gasteiger partial charge in [-0.25, -0.2) is 0 Å². The van der Waals surface area contributed by atoms with Crippen molar-refractivity contribution in [3.63, 3.8) is 0 Å². The Kier molecular flexibility index (Phi) is 4.85. The minimum absolute atomic E-state index is 0.389. The van der Waals surface area contributed by atoms with Gasteiger partial charge in [0.05, 0.1) is 11.7 Å². The van der Waals surface area contributed by atoms with Gasteiger partial charge in [0.15, 0.2) is 0 Å². The standard InChI is InChI=1S/C17H24ClNO2/c18-15-6-4-14(5-7-15)17(20)8-10-19(11-9-17)13-16-3-1-2-12-21-16/h4-7,16,20H,1-3,8-13H2. The lowest BCUT2D eigenvalue weighted by molar-refractivity contribution is -0.0510. The van der Waals surface area contributed by atoms with E-state index in [1.807, 2.05) is 24.3 Å². The molecular formula is C17H24ClNO2. The number of piperidine rings is 1. The highest BCUT2D eigenvalue weighted by atomic mass is 35.5. The highest BCUT2D eigenvalue weighted by Crippen LogP contribution is 2.33. The normalized spacial score (nSPS) is 26.7. The number of hydrogen-bond donors (Lipinski definition) is 1. The number of aliphatic hydroxyl groups is 1. The molecule has 2 heterocycles. The van der Waals surface area contributed by atoms with Gasteiger partial charge < -0.3 is 14.7 Å². The lowest BCUT2D eigenvalue weighted by Gasteiger charge is -2.40. The van der Waals surface area contributed by atoms with E-state index in [-0.39, 0.29) is 0 Å². The van der Waals surface area contributed by atoms with Crippen LogP contribution in [0, 0.1) is 0 Å². The van der Waals surface area contributed by atoms with E-state index in [1.54, 1.807) is 0 Å². The number of rotatable bonds is 3. The summed E-state index contributed by atoms with van der Waals surface area (Å²) in [7, 11) is 0. The third-order valence-corrected chi connectivity index (χ3v) is 5.05. The highest BCUT2D eigenvalue weighted by molar-refractivity contribution is 6.30. The van der Waals surface area contributed by atoms with Gasteiger partial charge in [-0.1, -0.05) is 23.7 Å². The fourth-order valence-electron chi connectivity index (χ4n) is 3.39. The van der Waals surface area contributed by atoms with Crippen molar-refractivity contribution in [1.82, 2.24) is 4.90 Å². The van der Waals surface area contributed by atoms with Gasteiger partial charge in [0.2, 0.25) is 0 Å². The molecule has 21 heavy (non-hydrogen) atoms. The van der Waals surface area contributed by atoms with Crippen LogP contribution in [-0.4, -0.2) is 42.4 Å². The van der Waals surface area contributed by atoms with Gasteiger partial charge in [-0.3, -0.25) is 0 Å². The molecular weight excluding hydrogens is 286 g/mol. The van der Waals surface area contributed by atoms with Crippen molar-refractivity contribution in [3.8, 4) is 0 Å². The summed E-state index contributed by atoms with van der Waals surface area (Å²) in [6, 6.07) is 7.61. The van der Waals surface area contributed by atoms with Crippen LogP contribution in [-0.2, 0) is 10.3 Å². The van der Waals surface area contributed by atoms with Crippen molar-refractivity contribution in [3.05, 3.63) is 34.9 Å². The quantitative estimate of drug-likeness (QED) is 0.931. The van der Waals surface area contributed by atoms with E-state index in [0.717, 1.165) is 44.6 Å². The molecule has 2 saturated heterocycles. The minimum atomic E-state index is -0.700. The number of halogens is 1. The van der Waals surface area contributed by atoms with Crippen molar-refractivity contribution in [2.75, 3.05) is 26.2 Å². The molecule has 116 valence electrons. The Labute approximate surface area is 131 Å². The third kappa shape index (κ3) is 3.78. The SMILES string of the molecule is OC1(c2ccc(Cl)cc2)CCN(CC2CCCCO2)CC1. The van der Waals surface area contributed by atoms with E-state index in [9.17, 15) is 5.11 Å². The largest absolute Gasteiger partial charge is 0.385 e. The van der Waals surface area contributed by atoms with Crippen LogP contribution in [0.5, 0.6) is 0 Å². The van der Waals surface area contributed by atoms with Crippen LogP contribution in [0.3, 0.4) is 0 Å². The van der Waals surface area contributed by atoms with Crippen molar-refractivity contribution in [2.45, 2.75) is 43.8 Å². The lowest BCUT2D eigenvalue weighted by atomic mass is 9.84. The van der Waals surface area contributed by atoms with Crippen LogP contribution in [0.4, 0.5) is 0 Å². The Balaban J connectivity index is 1.55. The molecule has 1 atom stereocenters. The maximum atomic E-state index is 10.9. The Morgan fingerprint density at radius 3 is 2.52 bits per heavy atom. The molecule has 2 fully saturated rings. The maximum absolute atomic E-state index is 10.9. The second kappa shape index (κ2) is 6.66. The topological polar surface area (TPSA) is 32.7 Å². The van der Waals surface area contributed by atoms with Gasteiger partial charge in [0.1, 0.15) is 0 Å². The van der Waals surface area contributed by atoms with E-state index < -0.39 is 5.60 Å². The van der Waals surface area contributed by atoms with Gasteiger partial charge in [-0.15, -0.1) is 0 Å². The van der Waals surface area contributed by atoms with E-state index in [4.69, 9.17) is 16.3 Å². The molecule has 3 nitrogen and oxygen atoms in total. The fraction of sp³-hybridized carbons (Fsp3) is 0.647. The predicted molar refractivity (Wildman–Crippen MR) is 84.6 cm³/mol. The average molecular weight is 310 g/mol. The molecule has 2 aliphatic rings. The summed E-state index contributed by atoms with van der Waals surface area (Å²) in [5.41, 5.74) is 0.287. The van der Waals surface area contributed by atoms with Crippen LogP contribution in [0.1, 0.15) is 37.7 Å². The Morgan fingerprint density at radius 1 is 1.19 bits per heavy atom. The van der Waals surface area contributed by atoms with E-state index in [2.05, 4.69) is 4.90 Å². The van der Waals surface area contributed by atoms with Crippen LogP contribution in [0.25, 0.3) is 0 Å². The van der Waals surface area contributed by atoms with Crippen molar-refractivity contribution >= 4 is 11.6 Å². The summed E-state index contributed by atoms with van der Waals surface area (Å²) in [4.78, 5) is 2.43. The molecule has 2 aliphatic heterocycles. The van der Waals surface area contributed by atoms with Crippen LogP contribution >= 0.6 is 11.6 Å². The molecule has 3 rings (SSSR count). The molecule has 0 saturated carbocycles. The lowest BCUT2D eigenvalue weighted by Crippen LogP contribution is -2.46. The second-order valence-corrected chi connectivity index (χ2v) is 6.76. The fourth-order valence-corrected chi connectivity index (χ4v) is 3.52. The van der Waals surface area contributed by atoms with Gasteiger partial charge >= 0.3 is 0 Å². The zero-order valence-corrected chi connectivity index (χ0v) is 13.2. The van der Waals surface area contributed by atoms with E-state index in [0.29, 0.717) is 11.1 Å². The van der Waals surface area contributed by atoms with Crippen molar-refractivity contribution in [1.29, 1.82) is 0 Å². The summed E-state index contributed by atoms with van der Waals surface area (Å²) in [5.74, 6) is 0. The molecule has 0 amide bonds. The smallest absolute Gasteiger partial charge is 0.0920 e. The number of ether oxygens (including phenoxy) is 1. The Morgan fingerprint density at radius 2 is 1.90 bits per heavy atom. The molecule has 0 bridgehead atoms. The number of likely N-dealkylation sites (tertiary alicyclic amines) is 1. The zero-order chi connectivity index (χ0) is 14.7. The van der Waals surface area contributed by atoms with Gasteiger partial charge in [0, 0.05) is 31.3 Å². The van der Waals surface area contributed by atoms with Gasteiger partial charge in [-0.05, 0) is 49.8 Å². The Hall–Kier alpha value is -0.610. The van der Waals surface area contributed by atoms with Crippen LogP contribution in [0.15, 0.2) is 24.3 Å². The molecule has 0 aromatic heterocycles. The minimum Gasteiger partial charge on any atom is -0.385 e. The zero-order valence-electron chi connectivity index (χ0n) is 12.4.